The van der Waals surface area contributed by atoms with Gasteiger partial charge in [0.2, 0.25) is 0 Å². The lowest BCUT2D eigenvalue weighted by Gasteiger charge is -2.15. The van der Waals surface area contributed by atoms with E-state index in [1.54, 1.807) is 55.0 Å². The summed E-state index contributed by atoms with van der Waals surface area (Å²) < 4.78 is 10.4. The van der Waals surface area contributed by atoms with Crippen molar-refractivity contribution in [2.75, 3.05) is 32.2 Å². The topological polar surface area (TPSA) is 71.4 Å². The average molecular weight is 470 g/mol. The normalized spacial score (nSPS) is 19.0. The molecule has 0 aromatic heterocycles. The Labute approximate surface area is 195 Å². The number of aliphatic imine (C=N–C) groups is 1. The number of benzene rings is 2. The number of amides is 1. The molecule has 1 amide bonds. The zero-order chi connectivity index (χ0) is 22.8. The summed E-state index contributed by atoms with van der Waals surface area (Å²) in [6.07, 6.45) is 0. The lowest BCUT2D eigenvalue weighted by Crippen LogP contribution is -2.29. The van der Waals surface area contributed by atoms with Gasteiger partial charge in [-0.25, -0.2) is 9.79 Å². The van der Waals surface area contributed by atoms with E-state index in [0.29, 0.717) is 34.5 Å². The minimum Gasteiger partial charge on any atom is -0.497 e. The number of thioether (sulfide) groups is 2. The van der Waals surface area contributed by atoms with Gasteiger partial charge in [0.1, 0.15) is 10.7 Å². The summed E-state index contributed by atoms with van der Waals surface area (Å²) in [6, 6.07) is 12.8. The fourth-order valence-electron chi connectivity index (χ4n) is 3.35. The van der Waals surface area contributed by atoms with Crippen LogP contribution in [-0.4, -0.2) is 49.3 Å². The molecule has 0 saturated carbocycles. The molecule has 2 heterocycles. The molecule has 2 aromatic carbocycles. The smallest absolute Gasteiger partial charge is 0.338 e. The van der Waals surface area contributed by atoms with Crippen LogP contribution >= 0.6 is 23.5 Å². The van der Waals surface area contributed by atoms with Crippen molar-refractivity contribution in [1.82, 2.24) is 4.90 Å². The van der Waals surface area contributed by atoms with Gasteiger partial charge in [-0.2, -0.15) is 0 Å². The molecule has 0 atom stereocenters. The van der Waals surface area contributed by atoms with E-state index in [-0.39, 0.29) is 11.9 Å². The highest BCUT2D eigenvalue weighted by atomic mass is 32.2. The third-order valence-electron chi connectivity index (χ3n) is 5.02. The summed E-state index contributed by atoms with van der Waals surface area (Å²) in [5.74, 6) is 0.349. The van der Waals surface area contributed by atoms with E-state index < -0.39 is 0 Å². The number of methoxy groups -OCH3 is 1. The first-order valence-electron chi connectivity index (χ1n) is 10.2. The highest BCUT2D eigenvalue weighted by Crippen LogP contribution is 2.51. The van der Waals surface area contributed by atoms with E-state index in [1.165, 1.54) is 11.8 Å². The minimum atomic E-state index is -0.364. The standard InChI is InChI=1S/C23H23N3O4S2/c1-5-26-20(27)19(21-25(3)17-13-16(29-4)11-12-18(17)31-21)32-23(26)24-15-9-7-14(8-10-15)22(28)30-6-2/h7-13H,5-6H2,1-4H3. The molecule has 0 unspecified atom stereocenters. The largest absolute Gasteiger partial charge is 0.497 e. The van der Waals surface area contributed by atoms with Crippen LogP contribution in [0.15, 0.2) is 62.3 Å². The zero-order valence-electron chi connectivity index (χ0n) is 18.2. The lowest BCUT2D eigenvalue weighted by molar-refractivity contribution is -0.122. The van der Waals surface area contributed by atoms with Crippen molar-refractivity contribution in [2.45, 2.75) is 18.7 Å². The molecule has 0 bridgehead atoms. The van der Waals surface area contributed by atoms with Crippen LogP contribution < -0.4 is 9.64 Å². The third-order valence-corrected chi connectivity index (χ3v) is 7.45. The molecule has 0 spiro atoms. The molecule has 2 aliphatic rings. The Hall–Kier alpha value is -2.91. The highest BCUT2D eigenvalue weighted by molar-refractivity contribution is 8.19. The Balaban J connectivity index is 1.63. The molecule has 0 aliphatic carbocycles. The summed E-state index contributed by atoms with van der Waals surface area (Å²) in [4.78, 5) is 35.2. The second kappa shape index (κ2) is 9.30. The number of hydrogen-bond donors (Lipinski definition) is 0. The van der Waals surface area contributed by atoms with Crippen LogP contribution in [0.3, 0.4) is 0 Å². The molecule has 2 aromatic rings. The fourth-order valence-corrected chi connectivity index (χ4v) is 5.73. The number of amidine groups is 1. The van der Waals surface area contributed by atoms with Crippen molar-refractivity contribution in [3.05, 3.63) is 58.0 Å². The average Bonchev–Trinajstić information content (AvgIpc) is 3.29. The summed E-state index contributed by atoms with van der Waals surface area (Å²) in [5, 5.41) is 1.50. The van der Waals surface area contributed by atoms with Crippen LogP contribution in [0.4, 0.5) is 11.4 Å². The predicted molar refractivity (Wildman–Crippen MR) is 129 cm³/mol. The van der Waals surface area contributed by atoms with E-state index >= 15 is 0 Å². The maximum absolute atomic E-state index is 13.2. The maximum atomic E-state index is 13.2. The number of ether oxygens (including phenoxy) is 2. The number of carbonyl (C=O) groups is 2. The summed E-state index contributed by atoms with van der Waals surface area (Å²) in [6.45, 7) is 4.54. The highest BCUT2D eigenvalue weighted by Gasteiger charge is 2.38. The van der Waals surface area contributed by atoms with Crippen LogP contribution in [0.2, 0.25) is 0 Å². The Morgan fingerprint density at radius 2 is 1.84 bits per heavy atom. The molecule has 2 aliphatic heterocycles. The van der Waals surface area contributed by atoms with E-state index in [1.807, 2.05) is 37.1 Å². The van der Waals surface area contributed by atoms with Crippen LogP contribution in [0, 0.1) is 0 Å². The first-order chi connectivity index (χ1) is 15.5. The summed E-state index contributed by atoms with van der Waals surface area (Å²) >= 11 is 2.94. The summed E-state index contributed by atoms with van der Waals surface area (Å²) in [5.41, 5.74) is 2.14. The monoisotopic (exact) mass is 469 g/mol. The Morgan fingerprint density at radius 3 is 2.50 bits per heavy atom. The molecular weight excluding hydrogens is 446 g/mol. The van der Waals surface area contributed by atoms with E-state index in [0.717, 1.165) is 21.4 Å². The number of esters is 1. The third kappa shape index (κ3) is 4.10. The number of hydrogen-bond acceptors (Lipinski definition) is 8. The number of anilines is 1. The second-order valence-electron chi connectivity index (χ2n) is 6.94. The SMILES string of the molecule is CCOC(=O)c1ccc(N=C2SC(=C3Sc4ccc(OC)cc4N3C)C(=O)N2CC)cc1. The molecule has 1 fully saturated rings. The number of fused-ring (bicyclic) bond motifs is 1. The quantitative estimate of drug-likeness (QED) is 0.457. The van der Waals surface area contributed by atoms with Gasteiger partial charge in [0, 0.05) is 24.6 Å². The summed E-state index contributed by atoms with van der Waals surface area (Å²) in [7, 11) is 3.59. The van der Waals surface area contributed by atoms with Gasteiger partial charge in [-0.3, -0.25) is 9.69 Å². The Morgan fingerprint density at radius 1 is 1.09 bits per heavy atom. The van der Waals surface area contributed by atoms with Gasteiger partial charge in [-0.05, 0) is 62.0 Å². The van der Waals surface area contributed by atoms with Gasteiger partial charge in [-0.1, -0.05) is 11.8 Å². The molecular formula is C23H23N3O4S2. The lowest BCUT2D eigenvalue weighted by atomic mass is 10.2. The first kappa shape index (κ1) is 22.3. The van der Waals surface area contributed by atoms with E-state index in [9.17, 15) is 9.59 Å². The van der Waals surface area contributed by atoms with Crippen molar-refractivity contribution in [3.8, 4) is 5.75 Å². The predicted octanol–water partition coefficient (Wildman–Crippen LogP) is 4.87. The Bertz CT molecular complexity index is 1130. The molecule has 4 rings (SSSR count). The van der Waals surface area contributed by atoms with Gasteiger partial charge in [0.15, 0.2) is 5.17 Å². The molecule has 1 saturated heterocycles. The molecule has 166 valence electrons. The van der Waals surface area contributed by atoms with Crippen LogP contribution in [-0.2, 0) is 9.53 Å². The minimum absolute atomic E-state index is 0.0616. The molecule has 0 radical (unpaired) electrons. The first-order valence-corrected chi connectivity index (χ1v) is 11.8. The molecule has 9 heteroatoms. The van der Waals surface area contributed by atoms with Crippen LogP contribution in [0.25, 0.3) is 0 Å². The second-order valence-corrected chi connectivity index (χ2v) is 8.95. The number of rotatable bonds is 5. The van der Waals surface area contributed by atoms with Gasteiger partial charge in [0.25, 0.3) is 5.91 Å². The molecule has 32 heavy (non-hydrogen) atoms. The zero-order valence-corrected chi connectivity index (χ0v) is 19.9. The number of carbonyl (C=O) groups excluding carboxylic acids is 2. The van der Waals surface area contributed by atoms with Gasteiger partial charge >= 0.3 is 5.97 Å². The van der Waals surface area contributed by atoms with E-state index in [4.69, 9.17) is 9.47 Å². The van der Waals surface area contributed by atoms with Crippen LogP contribution in [0.1, 0.15) is 24.2 Å². The number of nitrogens with zero attached hydrogens (tertiary/aromatic N) is 3. The van der Waals surface area contributed by atoms with Crippen molar-refractivity contribution in [3.63, 3.8) is 0 Å². The van der Waals surface area contributed by atoms with E-state index in [2.05, 4.69) is 4.99 Å². The van der Waals surface area contributed by atoms with Crippen molar-refractivity contribution >= 4 is 51.9 Å². The fraction of sp³-hybridized carbons (Fsp3) is 0.261. The Kier molecular flexibility index (Phi) is 6.48. The molecule has 0 N–H and O–H groups in total. The maximum Gasteiger partial charge on any atom is 0.338 e. The van der Waals surface area contributed by atoms with Crippen molar-refractivity contribution < 1.29 is 19.1 Å². The van der Waals surface area contributed by atoms with Crippen molar-refractivity contribution in [2.24, 2.45) is 4.99 Å². The van der Waals surface area contributed by atoms with Gasteiger partial charge in [0.05, 0.1) is 35.7 Å². The number of likely N-dealkylation sites (N-methyl/N-ethyl adjacent to an activating group) is 1. The van der Waals surface area contributed by atoms with Crippen LogP contribution in [0.5, 0.6) is 5.75 Å². The van der Waals surface area contributed by atoms with Gasteiger partial charge < -0.3 is 14.4 Å². The van der Waals surface area contributed by atoms with Crippen molar-refractivity contribution in [1.29, 1.82) is 0 Å². The molecule has 7 nitrogen and oxygen atoms in total. The van der Waals surface area contributed by atoms with Gasteiger partial charge in [-0.15, -0.1) is 0 Å².